The summed E-state index contributed by atoms with van der Waals surface area (Å²) in [6.45, 7) is 0. The molecule has 27 heavy (non-hydrogen) atoms. The standard InChI is InChI=1S/C20H18N2O2S3/c1-24-13-6-8-14(9-7-13)25-11-10-18(23)21-20-22-19-15-4-2-3-5-16(15)26-12-17(19)27-20/h2-9H,10-12H2,1H3,(H,21,22,23). The normalized spacial score (nSPS) is 12.2. The molecule has 138 valence electrons. The molecule has 1 aromatic heterocycles. The number of thioether (sulfide) groups is 2. The fourth-order valence-electron chi connectivity index (χ4n) is 2.76. The lowest BCUT2D eigenvalue weighted by Crippen LogP contribution is -2.11. The maximum absolute atomic E-state index is 12.3. The second-order valence-electron chi connectivity index (χ2n) is 5.90. The van der Waals surface area contributed by atoms with E-state index in [9.17, 15) is 4.79 Å². The largest absolute Gasteiger partial charge is 0.497 e. The lowest BCUT2D eigenvalue weighted by atomic mass is 10.1. The molecule has 0 fully saturated rings. The number of carbonyl (C=O) groups excluding carboxylic acids is 1. The van der Waals surface area contributed by atoms with Crippen LogP contribution in [0.3, 0.4) is 0 Å². The van der Waals surface area contributed by atoms with Gasteiger partial charge in [0.15, 0.2) is 5.13 Å². The van der Waals surface area contributed by atoms with E-state index in [-0.39, 0.29) is 5.91 Å². The molecule has 0 saturated heterocycles. The van der Waals surface area contributed by atoms with Crippen molar-refractivity contribution in [2.24, 2.45) is 0 Å². The van der Waals surface area contributed by atoms with Gasteiger partial charge in [-0.15, -0.1) is 34.9 Å². The van der Waals surface area contributed by atoms with Gasteiger partial charge >= 0.3 is 0 Å². The maximum atomic E-state index is 12.3. The Kier molecular flexibility index (Phi) is 5.71. The Morgan fingerprint density at radius 2 is 2.04 bits per heavy atom. The average Bonchev–Trinajstić information content (AvgIpc) is 3.11. The number of rotatable bonds is 6. The monoisotopic (exact) mass is 414 g/mol. The van der Waals surface area contributed by atoms with Gasteiger partial charge in [-0.2, -0.15) is 0 Å². The lowest BCUT2D eigenvalue weighted by molar-refractivity contribution is -0.115. The van der Waals surface area contributed by atoms with E-state index in [2.05, 4.69) is 22.4 Å². The first-order valence-corrected chi connectivity index (χ1v) is 11.3. The summed E-state index contributed by atoms with van der Waals surface area (Å²) >= 11 is 5.06. The highest BCUT2D eigenvalue weighted by Gasteiger charge is 2.21. The number of fused-ring (bicyclic) bond motifs is 3. The molecule has 0 spiro atoms. The summed E-state index contributed by atoms with van der Waals surface area (Å²) < 4.78 is 5.15. The fourth-order valence-corrected chi connectivity index (χ4v) is 5.73. The van der Waals surface area contributed by atoms with Crippen LogP contribution in [-0.2, 0) is 10.5 Å². The van der Waals surface area contributed by atoms with Crippen molar-refractivity contribution in [3.05, 3.63) is 53.4 Å². The quantitative estimate of drug-likeness (QED) is 0.536. The van der Waals surface area contributed by atoms with Crippen LogP contribution in [0.25, 0.3) is 11.3 Å². The number of hydrogen-bond donors (Lipinski definition) is 1. The molecule has 4 rings (SSSR count). The Morgan fingerprint density at radius 3 is 2.85 bits per heavy atom. The third-order valence-corrected chi connectivity index (χ3v) is 7.37. The molecule has 0 radical (unpaired) electrons. The van der Waals surface area contributed by atoms with Gasteiger partial charge in [0, 0.05) is 38.2 Å². The fraction of sp³-hybridized carbons (Fsp3) is 0.200. The van der Waals surface area contributed by atoms with E-state index in [1.807, 2.05) is 48.2 Å². The summed E-state index contributed by atoms with van der Waals surface area (Å²) in [6.07, 6.45) is 0.451. The van der Waals surface area contributed by atoms with Crippen LogP contribution in [0.1, 0.15) is 11.3 Å². The van der Waals surface area contributed by atoms with E-state index in [1.165, 1.54) is 9.77 Å². The van der Waals surface area contributed by atoms with E-state index < -0.39 is 0 Å². The van der Waals surface area contributed by atoms with Crippen molar-refractivity contribution in [1.82, 2.24) is 4.98 Å². The predicted octanol–water partition coefficient (Wildman–Crippen LogP) is 5.55. The summed E-state index contributed by atoms with van der Waals surface area (Å²) in [7, 11) is 1.65. The molecule has 0 unspecified atom stereocenters. The summed E-state index contributed by atoms with van der Waals surface area (Å²) in [5, 5.41) is 3.65. The van der Waals surface area contributed by atoms with Gasteiger partial charge in [0.1, 0.15) is 5.75 Å². The van der Waals surface area contributed by atoms with E-state index in [0.717, 1.165) is 33.4 Å². The van der Waals surface area contributed by atoms with Gasteiger partial charge in [-0.3, -0.25) is 4.79 Å². The van der Waals surface area contributed by atoms with E-state index in [0.29, 0.717) is 11.6 Å². The van der Waals surface area contributed by atoms with Crippen LogP contribution < -0.4 is 10.1 Å². The summed E-state index contributed by atoms with van der Waals surface area (Å²) in [4.78, 5) is 20.6. The molecule has 4 nitrogen and oxygen atoms in total. The molecule has 0 saturated carbocycles. The number of benzene rings is 2. The highest BCUT2D eigenvalue weighted by molar-refractivity contribution is 7.99. The lowest BCUT2D eigenvalue weighted by Gasteiger charge is -2.13. The van der Waals surface area contributed by atoms with Crippen LogP contribution in [0.4, 0.5) is 5.13 Å². The number of aromatic nitrogens is 1. The van der Waals surface area contributed by atoms with Crippen LogP contribution in [0.5, 0.6) is 5.75 Å². The van der Waals surface area contributed by atoms with Crippen molar-refractivity contribution in [3.8, 4) is 17.0 Å². The Balaban J connectivity index is 1.33. The molecule has 7 heteroatoms. The number of thiazole rings is 1. The molecule has 1 amide bonds. The van der Waals surface area contributed by atoms with E-state index in [4.69, 9.17) is 4.74 Å². The minimum absolute atomic E-state index is 0.00282. The van der Waals surface area contributed by atoms with Crippen molar-refractivity contribution in [2.45, 2.75) is 22.0 Å². The molecule has 0 aliphatic carbocycles. The first kappa shape index (κ1) is 18.4. The summed E-state index contributed by atoms with van der Waals surface area (Å²) in [5.74, 6) is 2.47. The van der Waals surface area contributed by atoms with Gasteiger partial charge < -0.3 is 10.1 Å². The molecule has 2 heterocycles. The zero-order chi connectivity index (χ0) is 18.6. The minimum Gasteiger partial charge on any atom is -0.497 e. The van der Waals surface area contributed by atoms with Crippen molar-refractivity contribution in [1.29, 1.82) is 0 Å². The molecule has 3 aromatic rings. The molecular weight excluding hydrogens is 396 g/mol. The Hall–Kier alpha value is -1.96. The third-order valence-electron chi connectivity index (χ3n) is 4.10. The summed E-state index contributed by atoms with van der Waals surface area (Å²) in [5.41, 5.74) is 2.17. The van der Waals surface area contributed by atoms with Crippen molar-refractivity contribution >= 4 is 45.9 Å². The number of methoxy groups -OCH3 is 1. The number of anilines is 1. The van der Waals surface area contributed by atoms with Gasteiger partial charge in [-0.1, -0.05) is 18.2 Å². The van der Waals surface area contributed by atoms with E-state index in [1.54, 1.807) is 30.2 Å². The maximum Gasteiger partial charge on any atom is 0.226 e. The van der Waals surface area contributed by atoms with Crippen LogP contribution >= 0.6 is 34.9 Å². The predicted molar refractivity (Wildman–Crippen MR) is 114 cm³/mol. The molecule has 1 N–H and O–H groups in total. The first-order valence-electron chi connectivity index (χ1n) is 8.51. The zero-order valence-corrected chi connectivity index (χ0v) is 17.2. The van der Waals surface area contributed by atoms with Crippen LogP contribution in [0.2, 0.25) is 0 Å². The van der Waals surface area contributed by atoms with Gasteiger partial charge in [0.2, 0.25) is 5.91 Å². The third kappa shape index (κ3) is 4.31. The topological polar surface area (TPSA) is 51.2 Å². The number of carbonyl (C=O) groups is 1. The highest BCUT2D eigenvalue weighted by atomic mass is 32.2. The molecule has 0 atom stereocenters. The molecule has 1 aliphatic rings. The number of hydrogen-bond acceptors (Lipinski definition) is 6. The van der Waals surface area contributed by atoms with Crippen LogP contribution in [0, 0.1) is 0 Å². The molecule has 1 aliphatic heterocycles. The second kappa shape index (κ2) is 8.37. The minimum atomic E-state index is 0.00282. The summed E-state index contributed by atoms with van der Waals surface area (Å²) in [6, 6.07) is 16.2. The SMILES string of the molecule is COc1ccc(SCCC(=O)Nc2nc3c(s2)CSc2ccccc2-3)cc1. The van der Waals surface area contributed by atoms with Crippen LogP contribution in [-0.4, -0.2) is 23.8 Å². The van der Waals surface area contributed by atoms with Crippen molar-refractivity contribution in [2.75, 3.05) is 18.2 Å². The number of ether oxygens (including phenoxy) is 1. The molecule has 0 bridgehead atoms. The van der Waals surface area contributed by atoms with Gasteiger partial charge in [0.05, 0.1) is 12.8 Å². The first-order chi connectivity index (χ1) is 13.2. The number of nitrogens with one attached hydrogen (secondary N) is 1. The average molecular weight is 415 g/mol. The Bertz CT molecular complexity index is 954. The molecular formula is C20H18N2O2S3. The van der Waals surface area contributed by atoms with Crippen LogP contribution in [0.15, 0.2) is 58.3 Å². The van der Waals surface area contributed by atoms with Crippen molar-refractivity contribution in [3.63, 3.8) is 0 Å². The Morgan fingerprint density at radius 1 is 1.22 bits per heavy atom. The van der Waals surface area contributed by atoms with Gasteiger partial charge in [-0.05, 0) is 30.3 Å². The van der Waals surface area contributed by atoms with Crippen molar-refractivity contribution < 1.29 is 9.53 Å². The second-order valence-corrected chi connectivity index (χ2v) is 9.17. The Labute approximate surface area is 170 Å². The number of amides is 1. The van der Waals surface area contributed by atoms with E-state index >= 15 is 0 Å². The number of nitrogens with zero attached hydrogens (tertiary/aromatic N) is 1. The van der Waals surface area contributed by atoms with Gasteiger partial charge in [0.25, 0.3) is 0 Å². The zero-order valence-electron chi connectivity index (χ0n) is 14.7. The molecule has 2 aromatic carbocycles. The smallest absolute Gasteiger partial charge is 0.226 e. The highest BCUT2D eigenvalue weighted by Crippen LogP contribution is 2.44. The van der Waals surface area contributed by atoms with Gasteiger partial charge in [-0.25, -0.2) is 4.98 Å².